The summed E-state index contributed by atoms with van der Waals surface area (Å²) in [6, 6.07) is 9.34. The molecule has 2 heterocycles. The van der Waals surface area contributed by atoms with Crippen molar-refractivity contribution in [3.8, 4) is 0 Å². The van der Waals surface area contributed by atoms with E-state index in [-0.39, 0.29) is 31.0 Å². The Morgan fingerprint density at radius 2 is 2.18 bits per heavy atom. The maximum Gasteiger partial charge on any atom is 0.407 e. The molecule has 0 radical (unpaired) electrons. The van der Waals surface area contributed by atoms with Gasteiger partial charge < -0.3 is 24.6 Å². The van der Waals surface area contributed by atoms with Gasteiger partial charge in [-0.15, -0.1) is 0 Å². The van der Waals surface area contributed by atoms with Gasteiger partial charge in [0, 0.05) is 0 Å². The van der Waals surface area contributed by atoms with Crippen LogP contribution >= 0.6 is 0 Å². The lowest BCUT2D eigenvalue weighted by Gasteiger charge is -2.20. The molecule has 22 heavy (non-hydrogen) atoms. The number of fused-ring (bicyclic) bond motifs is 1. The first kappa shape index (κ1) is 15.3. The molecule has 1 amide bonds. The number of alkyl carbamates (subject to hydrolysis) is 1. The summed E-state index contributed by atoms with van der Waals surface area (Å²) in [6.45, 7) is 0.871. The van der Waals surface area contributed by atoms with Gasteiger partial charge in [-0.3, -0.25) is 0 Å². The van der Waals surface area contributed by atoms with Gasteiger partial charge in [-0.2, -0.15) is 0 Å². The highest BCUT2D eigenvalue weighted by molar-refractivity contribution is 5.68. The fourth-order valence-corrected chi connectivity index (χ4v) is 2.95. The van der Waals surface area contributed by atoms with E-state index in [1.54, 1.807) is 0 Å². The summed E-state index contributed by atoms with van der Waals surface area (Å²) in [5.74, 6) is 0.118. The summed E-state index contributed by atoms with van der Waals surface area (Å²) in [6.07, 6.45) is 0.370. The van der Waals surface area contributed by atoms with Crippen LogP contribution in [0.25, 0.3) is 0 Å². The van der Waals surface area contributed by atoms with E-state index >= 15 is 0 Å². The van der Waals surface area contributed by atoms with E-state index in [4.69, 9.17) is 14.2 Å². The minimum Gasteiger partial charge on any atom is -0.443 e. The van der Waals surface area contributed by atoms with E-state index in [9.17, 15) is 9.90 Å². The van der Waals surface area contributed by atoms with Crippen LogP contribution in [-0.2, 0) is 20.6 Å². The number of amides is 1. The summed E-state index contributed by atoms with van der Waals surface area (Å²) in [7, 11) is 0. The second-order valence-corrected chi connectivity index (χ2v) is 5.68. The second kappa shape index (κ2) is 7.09. The average molecular weight is 307 g/mol. The standard InChI is InChI=1S/C16H21NO5/c18-9-12(8-11-4-2-1-3-5-11)17-16(19)22-14-10-21-15-13(14)6-7-20-15/h1-5,12-15,18H,6-10H2,(H,17,19). The lowest BCUT2D eigenvalue weighted by Crippen LogP contribution is -2.42. The maximum atomic E-state index is 12.0. The van der Waals surface area contributed by atoms with Gasteiger partial charge in [-0.25, -0.2) is 4.79 Å². The smallest absolute Gasteiger partial charge is 0.407 e. The molecule has 1 aromatic rings. The van der Waals surface area contributed by atoms with Gasteiger partial charge in [0.1, 0.15) is 6.10 Å². The van der Waals surface area contributed by atoms with E-state index < -0.39 is 6.09 Å². The summed E-state index contributed by atoms with van der Waals surface area (Å²) in [5.41, 5.74) is 1.05. The molecule has 4 unspecified atom stereocenters. The van der Waals surface area contributed by atoms with Crippen LogP contribution in [0.3, 0.4) is 0 Å². The predicted molar refractivity (Wildman–Crippen MR) is 78.2 cm³/mol. The predicted octanol–water partition coefficient (Wildman–Crippen LogP) is 1.08. The minimum absolute atomic E-state index is 0.118. The summed E-state index contributed by atoms with van der Waals surface area (Å²) >= 11 is 0. The second-order valence-electron chi connectivity index (χ2n) is 5.68. The Morgan fingerprint density at radius 3 is 2.95 bits per heavy atom. The Labute approximate surface area is 129 Å². The zero-order chi connectivity index (χ0) is 15.4. The molecule has 2 saturated heterocycles. The van der Waals surface area contributed by atoms with Crippen LogP contribution in [0.2, 0.25) is 0 Å². The summed E-state index contributed by atoms with van der Waals surface area (Å²) in [4.78, 5) is 12.0. The number of hydrogen-bond acceptors (Lipinski definition) is 5. The third-order valence-corrected chi connectivity index (χ3v) is 4.11. The topological polar surface area (TPSA) is 77.0 Å². The number of benzene rings is 1. The Bertz CT molecular complexity index is 495. The van der Waals surface area contributed by atoms with Crippen LogP contribution in [0.15, 0.2) is 30.3 Å². The van der Waals surface area contributed by atoms with Crippen LogP contribution in [0.4, 0.5) is 4.79 Å². The Hall–Kier alpha value is -1.63. The first-order chi connectivity index (χ1) is 10.8. The van der Waals surface area contributed by atoms with Crippen LogP contribution in [0.1, 0.15) is 12.0 Å². The SMILES string of the molecule is O=C(NC(CO)Cc1ccccc1)OC1COC2OCCC12. The van der Waals surface area contributed by atoms with Gasteiger partial charge in [-0.1, -0.05) is 30.3 Å². The molecule has 2 N–H and O–H groups in total. The van der Waals surface area contributed by atoms with E-state index in [0.717, 1.165) is 12.0 Å². The largest absolute Gasteiger partial charge is 0.443 e. The molecule has 0 aliphatic carbocycles. The quantitative estimate of drug-likeness (QED) is 0.851. The molecule has 6 nitrogen and oxygen atoms in total. The molecule has 2 aliphatic rings. The molecule has 0 bridgehead atoms. The molecule has 0 spiro atoms. The molecule has 2 aliphatic heterocycles. The van der Waals surface area contributed by atoms with Crippen molar-refractivity contribution in [2.24, 2.45) is 5.92 Å². The van der Waals surface area contributed by atoms with Crippen LogP contribution in [0, 0.1) is 5.92 Å². The number of aliphatic hydroxyl groups is 1. The average Bonchev–Trinajstić information content (AvgIpc) is 3.13. The number of carbonyl (C=O) groups is 1. The lowest BCUT2D eigenvalue weighted by molar-refractivity contribution is -0.0907. The fraction of sp³-hybridized carbons (Fsp3) is 0.562. The molecule has 3 rings (SSSR count). The van der Waals surface area contributed by atoms with E-state index in [1.807, 2.05) is 30.3 Å². The first-order valence-corrected chi connectivity index (χ1v) is 7.61. The van der Waals surface area contributed by atoms with Crippen molar-refractivity contribution >= 4 is 6.09 Å². The van der Waals surface area contributed by atoms with E-state index in [2.05, 4.69) is 5.32 Å². The van der Waals surface area contributed by atoms with Crippen LogP contribution in [0.5, 0.6) is 0 Å². The Kier molecular flexibility index (Phi) is 4.92. The van der Waals surface area contributed by atoms with Crippen LogP contribution < -0.4 is 5.32 Å². The highest BCUT2D eigenvalue weighted by atomic mass is 16.7. The van der Waals surface area contributed by atoms with Gasteiger partial charge in [-0.05, 0) is 18.4 Å². The van der Waals surface area contributed by atoms with Crippen molar-refractivity contribution in [3.05, 3.63) is 35.9 Å². The Balaban J connectivity index is 1.49. The number of carbonyl (C=O) groups excluding carboxylic acids is 1. The number of rotatable bonds is 5. The van der Waals surface area contributed by atoms with Crippen LogP contribution in [-0.4, -0.2) is 49.5 Å². The molecule has 120 valence electrons. The number of hydrogen-bond donors (Lipinski definition) is 2. The first-order valence-electron chi connectivity index (χ1n) is 7.61. The lowest BCUT2D eigenvalue weighted by atomic mass is 10.0. The Morgan fingerprint density at radius 1 is 1.36 bits per heavy atom. The molecule has 0 saturated carbocycles. The van der Waals surface area contributed by atoms with Crippen molar-refractivity contribution in [1.82, 2.24) is 5.32 Å². The highest BCUT2D eigenvalue weighted by Gasteiger charge is 2.43. The minimum atomic E-state index is -0.517. The molecule has 1 aromatic carbocycles. The molecule has 4 atom stereocenters. The van der Waals surface area contributed by atoms with E-state index in [0.29, 0.717) is 19.6 Å². The van der Waals surface area contributed by atoms with Crippen molar-refractivity contribution in [3.63, 3.8) is 0 Å². The van der Waals surface area contributed by atoms with Crippen molar-refractivity contribution in [2.45, 2.75) is 31.3 Å². The zero-order valence-corrected chi connectivity index (χ0v) is 12.3. The fourth-order valence-electron chi connectivity index (χ4n) is 2.95. The molecular formula is C16H21NO5. The van der Waals surface area contributed by atoms with Crippen molar-refractivity contribution < 1.29 is 24.1 Å². The van der Waals surface area contributed by atoms with Crippen molar-refractivity contribution in [2.75, 3.05) is 19.8 Å². The van der Waals surface area contributed by atoms with Gasteiger partial charge in [0.05, 0.1) is 31.8 Å². The molecular weight excluding hydrogens is 286 g/mol. The molecule has 6 heteroatoms. The monoisotopic (exact) mass is 307 g/mol. The van der Waals surface area contributed by atoms with Gasteiger partial charge in [0.15, 0.2) is 6.29 Å². The highest BCUT2D eigenvalue weighted by Crippen LogP contribution is 2.32. The third kappa shape index (κ3) is 3.58. The normalized spacial score (nSPS) is 28.1. The van der Waals surface area contributed by atoms with Gasteiger partial charge >= 0.3 is 6.09 Å². The summed E-state index contributed by atoms with van der Waals surface area (Å²) in [5, 5.41) is 12.1. The number of ether oxygens (including phenoxy) is 3. The molecule has 0 aromatic heterocycles. The van der Waals surface area contributed by atoms with Gasteiger partial charge in [0.2, 0.25) is 0 Å². The summed E-state index contributed by atoms with van der Waals surface area (Å²) < 4.78 is 16.3. The molecule has 2 fully saturated rings. The maximum absolute atomic E-state index is 12.0. The van der Waals surface area contributed by atoms with Gasteiger partial charge in [0.25, 0.3) is 0 Å². The number of aliphatic hydroxyl groups excluding tert-OH is 1. The number of nitrogens with one attached hydrogen (secondary N) is 1. The van der Waals surface area contributed by atoms with E-state index in [1.165, 1.54) is 0 Å². The van der Waals surface area contributed by atoms with Crippen molar-refractivity contribution in [1.29, 1.82) is 0 Å². The third-order valence-electron chi connectivity index (χ3n) is 4.11. The zero-order valence-electron chi connectivity index (χ0n) is 12.3.